The lowest BCUT2D eigenvalue weighted by atomic mass is 9.98. The fourth-order valence-corrected chi connectivity index (χ4v) is 3.52. The van der Waals surface area contributed by atoms with Crippen LogP contribution in [-0.4, -0.2) is 28.1 Å². The molecule has 0 amide bonds. The molecule has 1 unspecified atom stereocenters. The smallest absolute Gasteiger partial charge is 0.264 e. The summed E-state index contributed by atoms with van der Waals surface area (Å²) >= 11 is 0. The van der Waals surface area contributed by atoms with E-state index in [9.17, 15) is 14.0 Å². The number of ether oxygens (including phenoxy) is 2. The van der Waals surface area contributed by atoms with Gasteiger partial charge in [0.05, 0.1) is 24.7 Å². The van der Waals surface area contributed by atoms with E-state index in [0.29, 0.717) is 47.5 Å². The lowest BCUT2D eigenvalue weighted by Crippen LogP contribution is -2.12. The molecule has 0 fully saturated rings. The van der Waals surface area contributed by atoms with Crippen LogP contribution < -0.4 is 15.0 Å². The van der Waals surface area contributed by atoms with Gasteiger partial charge in [0.1, 0.15) is 12.4 Å². The number of ketones is 1. The average molecular weight is 409 g/mol. The molecule has 1 aromatic carbocycles. The molecule has 0 spiro atoms. The van der Waals surface area contributed by atoms with Gasteiger partial charge >= 0.3 is 0 Å². The topological polar surface area (TPSA) is 94.2 Å². The van der Waals surface area contributed by atoms with E-state index in [0.717, 1.165) is 0 Å². The standard InChI is InChI=1S/C22H20FN3O4/c1-29-17-6-4-16(24-11-17)12-30-20-10-18-14(9-19(20)23)8-13(22(18)28)2-3-15-5-7-21(27)26-25-15/h4-7,9-11,13H,2-3,8,12H2,1H3,(H,26,27). The van der Waals surface area contributed by atoms with Gasteiger partial charge in [-0.05, 0) is 55.2 Å². The highest BCUT2D eigenvalue weighted by molar-refractivity contribution is 6.02. The van der Waals surface area contributed by atoms with Crippen LogP contribution in [-0.2, 0) is 19.4 Å². The van der Waals surface area contributed by atoms with Crippen molar-refractivity contribution in [3.05, 3.63) is 81.3 Å². The van der Waals surface area contributed by atoms with Crippen LogP contribution in [0.3, 0.4) is 0 Å². The van der Waals surface area contributed by atoms with Crippen LogP contribution in [0.25, 0.3) is 0 Å². The third-order valence-corrected chi connectivity index (χ3v) is 5.15. The molecule has 0 saturated carbocycles. The molecule has 0 bridgehead atoms. The first kappa shape index (κ1) is 19.8. The summed E-state index contributed by atoms with van der Waals surface area (Å²) < 4.78 is 25.1. The monoisotopic (exact) mass is 409 g/mol. The maximum absolute atomic E-state index is 14.5. The van der Waals surface area contributed by atoms with Crippen molar-refractivity contribution < 1.29 is 18.7 Å². The van der Waals surface area contributed by atoms with Crippen LogP contribution in [0.15, 0.2) is 47.4 Å². The zero-order chi connectivity index (χ0) is 21.1. The van der Waals surface area contributed by atoms with Gasteiger partial charge in [-0.2, -0.15) is 5.10 Å². The Morgan fingerprint density at radius 2 is 2.00 bits per heavy atom. The fourth-order valence-electron chi connectivity index (χ4n) is 3.52. The molecular weight excluding hydrogens is 389 g/mol. The Kier molecular flexibility index (Phi) is 5.56. The molecular formula is C22H20FN3O4. The van der Waals surface area contributed by atoms with Gasteiger partial charge in [-0.1, -0.05) is 0 Å². The van der Waals surface area contributed by atoms with Crippen molar-refractivity contribution >= 4 is 5.78 Å². The van der Waals surface area contributed by atoms with Crippen LogP contribution in [0.4, 0.5) is 4.39 Å². The number of aryl methyl sites for hydroxylation is 1. The Bertz CT molecular complexity index is 1110. The maximum Gasteiger partial charge on any atom is 0.264 e. The number of fused-ring (bicyclic) bond motifs is 1. The molecule has 7 nitrogen and oxygen atoms in total. The first-order chi connectivity index (χ1) is 14.5. The number of nitrogens with zero attached hydrogens (tertiary/aromatic N) is 2. The van der Waals surface area contributed by atoms with E-state index in [1.807, 2.05) is 0 Å². The van der Waals surface area contributed by atoms with Gasteiger partial charge in [-0.25, -0.2) is 9.49 Å². The minimum absolute atomic E-state index is 0.0261. The predicted octanol–water partition coefficient (Wildman–Crippen LogP) is 2.88. The molecule has 1 aliphatic carbocycles. The summed E-state index contributed by atoms with van der Waals surface area (Å²) in [4.78, 5) is 28.1. The molecule has 3 aromatic rings. The van der Waals surface area contributed by atoms with Gasteiger partial charge in [0.25, 0.3) is 5.56 Å². The van der Waals surface area contributed by atoms with E-state index < -0.39 is 5.82 Å². The number of aromatic nitrogens is 3. The normalized spacial score (nSPS) is 15.1. The number of carbonyl (C=O) groups is 1. The van der Waals surface area contributed by atoms with E-state index >= 15 is 0 Å². The number of methoxy groups -OCH3 is 1. The van der Waals surface area contributed by atoms with Crippen LogP contribution in [0.5, 0.6) is 11.5 Å². The molecule has 2 aromatic heterocycles. The number of rotatable bonds is 7. The Morgan fingerprint density at radius 1 is 1.17 bits per heavy atom. The van der Waals surface area contributed by atoms with Crippen molar-refractivity contribution in [2.24, 2.45) is 5.92 Å². The zero-order valence-electron chi connectivity index (χ0n) is 16.4. The molecule has 0 aliphatic heterocycles. The highest BCUT2D eigenvalue weighted by atomic mass is 19.1. The highest BCUT2D eigenvalue weighted by Gasteiger charge is 2.31. The number of pyridine rings is 1. The third kappa shape index (κ3) is 4.22. The molecule has 0 saturated heterocycles. The van der Waals surface area contributed by atoms with Gasteiger partial charge in [0.15, 0.2) is 17.3 Å². The van der Waals surface area contributed by atoms with Crippen molar-refractivity contribution in [2.75, 3.05) is 7.11 Å². The second-order valence-electron chi connectivity index (χ2n) is 7.13. The first-order valence-electron chi connectivity index (χ1n) is 9.56. The van der Waals surface area contributed by atoms with E-state index in [-0.39, 0.29) is 29.6 Å². The van der Waals surface area contributed by atoms with Crippen LogP contribution >= 0.6 is 0 Å². The average Bonchev–Trinajstić information content (AvgIpc) is 3.06. The van der Waals surface area contributed by atoms with Gasteiger partial charge < -0.3 is 9.47 Å². The summed E-state index contributed by atoms with van der Waals surface area (Å²) in [7, 11) is 1.55. The van der Waals surface area contributed by atoms with Crippen LogP contribution in [0, 0.1) is 11.7 Å². The molecule has 4 rings (SSSR count). The zero-order valence-corrected chi connectivity index (χ0v) is 16.4. The molecule has 2 heterocycles. The van der Waals surface area contributed by atoms with Gasteiger partial charge in [-0.3, -0.25) is 14.6 Å². The van der Waals surface area contributed by atoms with Crippen molar-refractivity contribution in [1.82, 2.24) is 15.2 Å². The number of Topliss-reactive ketones (excluding diaryl/α,β-unsaturated/α-hetero) is 1. The quantitative estimate of drug-likeness (QED) is 0.645. The first-order valence-corrected chi connectivity index (χ1v) is 9.56. The molecule has 0 radical (unpaired) electrons. The van der Waals surface area contributed by atoms with Crippen molar-refractivity contribution in [2.45, 2.75) is 25.9 Å². The maximum atomic E-state index is 14.5. The van der Waals surface area contributed by atoms with Crippen molar-refractivity contribution in [3.8, 4) is 11.5 Å². The number of hydrogen-bond acceptors (Lipinski definition) is 6. The lowest BCUT2D eigenvalue weighted by molar-refractivity contribution is 0.0930. The Balaban J connectivity index is 1.42. The van der Waals surface area contributed by atoms with Crippen molar-refractivity contribution in [3.63, 3.8) is 0 Å². The van der Waals surface area contributed by atoms with E-state index in [1.54, 1.807) is 31.5 Å². The second-order valence-corrected chi connectivity index (χ2v) is 7.13. The second kappa shape index (κ2) is 8.44. The summed E-state index contributed by atoms with van der Waals surface area (Å²) in [5.74, 6) is -0.120. The Morgan fingerprint density at radius 3 is 2.70 bits per heavy atom. The molecule has 1 atom stereocenters. The molecule has 30 heavy (non-hydrogen) atoms. The number of hydrogen-bond donors (Lipinski definition) is 1. The number of nitrogens with one attached hydrogen (secondary N) is 1. The third-order valence-electron chi connectivity index (χ3n) is 5.15. The minimum Gasteiger partial charge on any atom is -0.495 e. The summed E-state index contributed by atoms with van der Waals surface area (Å²) in [6.45, 7) is 0.0786. The summed E-state index contributed by atoms with van der Waals surface area (Å²) in [5.41, 5.74) is 2.24. The molecule has 154 valence electrons. The fraction of sp³-hybridized carbons (Fsp3) is 0.273. The largest absolute Gasteiger partial charge is 0.495 e. The summed E-state index contributed by atoms with van der Waals surface area (Å²) in [6, 6.07) is 9.39. The van der Waals surface area contributed by atoms with Crippen molar-refractivity contribution in [1.29, 1.82) is 0 Å². The van der Waals surface area contributed by atoms with Crippen LogP contribution in [0.1, 0.15) is 33.7 Å². The number of H-pyrrole nitrogens is 1. The molecule has 1 N–H and O–H groups in total. The Hall–Kier alpha value is -3.55. The van der Waals surface area contributed by atoms with E-state index in [1.165, 1.54) is 18.2 Å². The molecule has 1 aliphatic rings. The lowest BCUT2D eigenvalue weighted by Gasteiger charge is -2.09. The minimum atomic E-state index is -0.502. The Labute approximate surface area is 171 Å². The highest BCUT2D eigenvalue weighted by Crippen LogP contribution is 2.34. The van der Waals surface area contributed by atoms with E-state index in [4.69, 9.17) is 9.47 Å². The summed E-state index contributed by atoms with van der Waals surface area (Å²) in [5, 5.41) is 6.35. The SMILES string of the molecule is COc1ccc(COc2cc3c(cc2F)CC(CCc2ccc(=O)[nH]n2)C3=O)nc1. The molecule has 8 heteroatoms. The predicted molar refractivity (Wildman–Crippen MR) is 106 cm³/mol. The van der Waals surface area contributed by atoms with Crippen LogP contribution in [0.2, 0.25) is 0 Å². The van der Waals surface area contributed by atoms with Gasteiger partial charge in [0.2, 0.25) is 0 Å². The number of benzene rings is 1. The number of carbonyl (C=O) groups excluding carboxylic acids is 1. The summed E-state index contributed by atoms with van der Waals surface area (Å²) in [6.07, 6.45) is 3.16. The van der Waals surface area contributed by atoms with Gasteiger partial charge in [0, 0.05) is 17.5 Å². The number of halogens is 1. The van der Waals surface area contributed by atoms with Gasteiger partial charge in [-0.15, -0.1) is 0 Å². The number of aromatic amines is 1. The van der Waals surface area contributed by atoms with E-state index in [2.05, 4.69) is 15.2 Å².